The Hall–Kier alpha value is 0.460. The molecule has 0 aliphatic rings. The van der Waals surface area contributed by atoms with Gasteiger partial charge in [0.25, 0.3) is 0 Å². The van der Waals surface area contributed by atoms with Crippen LogP contribution in [0.2, 0.25) is 0 Å². The molecule has 84 valence electrons. The summed E-state index contributed by atoms with van der Waals surface area (Å²) in [4.78, 5) is 4.08. The molecule has 0 N–H and O–H groups in total. The average molecular weight is 233 g/mol. The summed E-state index contributed by atoms with van der Waals surface area (Å²) in [5, 5.41) is 0. The predicted molar refractivity (Wildman–Crippen MR) is 61.9 cm³/mol. The van der Waals surface area contributed by atoms with E-state index in [9.17, 15) is 0 Å². The van der Waals surface area contributed by atoms with Crippen LogP contribution >= 0.6 is 24.8 Å². The zero-order chi connectivity index (χ0) is 9.02. The molecule has 2 unspecified atom stereocenters. The Morgan fingerprint density at radius 1 is 0.769 bits per heavy atom. The fourth-order valence-electron chi connectivity index (χ4n) is 0.528. The van der Waals surface area contributed by atoms with Crippen molar-refractivity contribution in [1.82, 2.24) is 9.80 Å². The van der Waals surface area contributed by atoms with Crippen molar-refractivity contribution in [1.29, 1.82) is 0 Å². The highest BCUT2D eigenvalue weighted by Crippen LogP contribution is 2.01. The van der Waals surface area contributed by atoms with Crippen LogP contribution in [0.5, 0.6) is 0 Å². The number of hydrogen-bond acceptors (Lipinski definition) is 3. The molecule has 0 spiro atoms. The highest BCUT2D eigenvalue weighted by Gasteiger charge is 2.10. The van der Waals surface area contributed by atoms with Crippen molar-refractivity contribution in [3.63, 3.8) is 0 Å². The smallest absolute Gasteiger partial charge is 0.109 e. The number of hydrogen-bond donors (Lipinski definition) is 0. The van der Waals surface area contributed by atoms with E-state index in [1.54, 1.807) is 0 Å². The minimum Gasteiger partial charge on any atom is -0.345 e. The third kappa shape index (κ3) is 8.78. The molecule has 3 nitrogen and oxygen atoms in total. The van der Waals surface area contributed by atoms with Crippen LogP contribution in [0.25, 0.3) is 0 Å². The molecule has 0 saturated heterocycles. The maximum absolute atomic E-state index is 5.62. The summed E-state index contributed by atoms with van der Waals surface area (Å²) in [6.07, 6.45) is 0.347. The van der Waals surface area contributed by atoms with Crippen molar-refractivity contribution in [2.24, 2.45) is 0 Å². The molecule has 0 amide bonds. The van der Waals surface area contributed by atoms with Gasteiger partial charge in [-0.25, -0.2) is 0 Å². The highest BCUT2D eigenvalue weighted by atomic mass is 35.5. The lowest BCUT2D eigenvalue weighted by Crippen LogP contribution is -2.36. The highest BCUT2D eigenvalue weighted by molar-refractivity contribution is 5.85. The van der Waals surface area contributed by atoms with Crippen LogP contribution in [0.15, 0.2) is 0 Å². The molecule has 0 saturated carbocycles. The molecule has 0 aromatic rings. The second-order valence-corrected chi connectivity index (χ2v) is 3.26. The quantitative estimate of drug-likeness (QED) is 0.687. The molecular formula is C8H22Cl2N2O. The van der Waals surface area contributed by atoms with E-state index < -0.39 is 0 Å². The molecule has 0 bridgehead atoms. The van der Waals surface area contributed by atoms with Gasteiger partial charge in [-0.1, -0.05) is 0 Å². The normalized spacial score (nSPS) is 14.8. The monoisotopic (exact) mass is 232 g/mol. The molecule has 13 heavy (non-hydrogen) atoms. The van der Waals surface area contributed by atoms with Gasteiger partial charge in [0.05, 0.1) is 0 Å². The first-order chi connectivity index (χ1) is 4.95. The fourth-order valence-corrected chi connectivity index (χ4v) is 0.528. The molecular weight excluding hydrogens is 211 g/mol. The molecule has 0 aliphatic carbocycles. The van der Waals surface area contributed by atoms with Gasteiger partial charge in [0.2, 0.25) is 0 Å². The van der Waals surface area contributed by atoms with Gasteiger partial charge in [-0.2, -0.15) is 0 Å². The Balaban J connectivity index is -0.000000500. The Morgan fingerprint density at radius 2 is 1.00 bits per heavy atom. The van der Waals surface area contributed by atoms with Crippen molar-refractivity contribution in [2.45, 2.75) is 26.3 Å². The fraction of sp³-hybridized carbons (Fsp3) is 1.00. The maximum Gasteiger partial charge on any atom is 0.109 e. The largest absolute Gasteiger partial charge is 0.345 e. The van der Waals surface area contributed by atoms with E-state index in [-0.39, 0.29) is 37.3 Å². The van der Waals surface area contributed by atoms with Crippen molar-refractivity contribution in [3.8, 4) is 0 Å². The first-order valence-corrected chi connectivity index (χ1v) is 3.93. The van der Waals surface area contributed by atoms with Gasteiger partial charge in [-0.15, -0.1) is 24.8 Å². The number of rotatable bonds is 4. The van der Waals surface area contributed by atoms with Gasteiger partial charge in [0, 0.05) is 0 Å². The van der Waals surface area contributed by atoms with E-state index in [0.29, 0.717) is 0 Å². The van der Waals surface area contributed by atoms with E-state index in [1.165, 1.54) is 0 Å². The zero-order valence-corrected chi connectivity index (χ0v) is 10.9. The molecule has 0 aromatic heterocycles. The summed E-state index contributed by atoms with van der Waals surface area (Å²) in [5.41, 5.74) is 0. The molecule has 0 fully saturated rings. The van der Waals surface area contributed by atoms with Crippen LogP contribution in [0.4, 0.5) is 0 Å². The van der Waals surface area contributed by atoms with E-state index in [1.807, 2.05) is 51.8 Å². The Morgan fingerprint density at radius 3 is 1.15 bits per heavy atom. The van der Waals surface area contributed by atoms with Gasteiger partial charge in [0.1, 0.15) is 12.5 Å². The Labute approximate surface area is 94.2 Å². The molecule has 0 aliphatic heterocycles. The topological polar surface area (TPSA) is 15.7 Å². The molecule has 2 atom stereocenters. The molecule has 0 heterocycles. The molecule has 5 heteroatoms. The van der Waals surface area contributed by atoms with Crippen LogP contribution in [-0.4, -0.2) is 50.4 Å². The number of halogens is 2. The van der Waals surface area contributed by atoms with Crippen LogP contribution < -0.4 is 0 Å². The van der Waals surface area contributed by atoms with Crippen molar-refractivity contribution in [3.05, 3.63) is 0 Å². The summed E-state index contributed by atoms with van der Waals surface area (Å²) in [6.45, 7) is 4.08. The summed E-state index contributed by atoms with van der Waals surface area (Å²) in [5.74, 6) is 0. The number of ether oxygens (including phenoxy) is 1. The lowest BCUT2D eigenvalue weighted by molar-refractivity contribution is -0.113. The zero-order valence-electron chi connectivity index (χ0n) is 9.27. The van der Waals surface area contributed by atoms with E-state index >= 15 is 0 Å². The van der Waals surface area contributed by atoms with Gasteiger partial charge in [0.15, 0.2) is 0 Å². The molecule has 0 radical (unpaired) electrons. The first-order valence-electron chi connectivity index (χ1n) is 3.93. The maximum atomic E-state index is 5.62. The van der Waals surface area contributed by atoms with Crippen LogP contribution in [-0.2, 0) is 4.74 Å². The molecule has 0 rings (SSSR count). The predicted octanol–water partition coefficient (Wildman–Crippen LogP) is 1.66. The van der Waals surface area contributed by atoms with Crippen LogP contribution in [0, 0.1) is 0 Å². The van der Waals surface area contributed by atoms with Gasteiger partial charge in [-0.05, 0) is 42.0 Å². The lowest BCUT2D eigenvalue weighted by Gasteiger charge is -2.27. The SMILES string of the molecule is CC(OC(C)N(C)C)N(C)C.Cl.Cl. The van der Waals surface area contributed by atoms with Crippen molar-refractivity contribution in [2.75, 3.05) is 28.2 Å². The second kappa shape index (κ2) is 9.03. The second-order valence-electron chi connectivity index (χ2n) is 3.26. The van der Waals surface area contributed by atoms with Gasteiger partial charge < -0.3 is 4.74 Å². The van der Waals surface area contributed by atoms with E-state index in [2.05, 4.69) is 0 Å². The van der Waals surface area contributed by atoms with Gasteiger partial charge >= 0.3 is 0 Å². The van der Waals surface area contributed by atoms with Crippen molar-refractivity contribution < 1.29 is 4.74 Å². The van der Waals surface area contributed by atoms with Crippen molar-refractivity contribution >= 4 is 24.8 Å². The minimum atomic E-state index is 0. The average Bonchev–Trinajstić information content (AvgIpc) is 1.87. The lowest BCUT2D eigenvalue weighted by atomic mass is 10.5. The van der Waals surface area contributed by atoms with Crippen LogP contribution in [0.3, 0.4) is 0 Å². The summed E-state index contributed by atoms with van der Waals surface area (Å²) in [7, 11) is 8.03. The third-order valence-corrected chi connectivity index (χ3v) is 1.85. The summed E-state index contributed by atoms with van der Waals surface area (Å²) in [6, 6.07) is 0. The third-order valence-electron chi connectivity index (χ3n) is 1.85. The number of nitrogens with zero attached hydrogens (tertiary/aromatic N) is 2. The molecule has 0 aromatic carbocycles. The van der Waals surface area contributed by atoms with Gasteiger partial charge in [-0.3, -0.25) is 9.80 Å². The minimum absolute atomic E-state index is 0. The van der Waals surface area contributed by atoms with Crippen LogP contribution in [0.1, 0.15) is 13.8 Å². The van der Waals surface area contributed by atoms with E-state index in [0.717, 1.165) is 0 Å². The Kier molecular flexibility index (Phi) is 13.3. The standard InChI is InChI=1S/C8H20N2O.2ClH/c1-7(9(3)4)11-8(2)10(5)6;;/h7-8H,1-6H3;2*1H. The first kappa shape index (κ1) is 19.1. The summed E-state index contributed by atoms with van der Waals surface area (Å²) < 4.78 is 5.62. The Bertz CT molecular complexity index is 100. The van der Waals surface area contributed by atoms with E-state index in [4.69, 9.17) is 4.74 Å². The summed E-state index contributed by atoms with van der Waals surface area (Å²) >= 11 is 0.